The van der Waals surface area contributed by atoms with Crippen LogP contribution in [-0.2, 0) is 19.1 Å². The lowest BCUT2D eigenvalue weighted by atomic mass is 10.2. The lowest BCUT2D eigenvalue weighted by molar-refractivity contribution is -0.136. The zero-order valence-electron chi connectivity index (χ0n) is 31.1. The maximum Gasteiger partial charge on any atom is 0.323 e. The Morgan fingerprint density at radius 2 is 0.982 bits per heavy atom. The summed E-state index contributed by atoms with van der Waals surface area (Å²) in [7, 11) is 0. The van der Waals surface area contributed by atoms with Gasteiger partial charge in [-0.2, -0.15) is 23.5 Å². The van der Waals surface area contributed by atoms with Gasteiger partial charge in [0, 0.05) is 82.9 Å². The molecule has 0 aromatic heterocycles. The van der Waals surface area contributed by atoms with Gasteiger partial charge in [0.05, 0.1) is 39.6 Å². The number of terminal acetylenes is 3. The van der Waals surface area contributed by atoms with Crippen LogP contribution >= 0.6 is 23.5 Å². The Morgan fingerprint density at radius 3 is 1.35 bits per heavy atom. The third kappa shape index (κ3) is 19.9. The molecule has 1 heterocycles. The van der Waals surface area contributed by atoms with Crippen molar-refractivity contribution in [2.24, 2.45) is 0 Å². The number of aliphatic hydroxyl groups is 2. The molecule has 11 nitrogen and oxygen atoms in total. The van der Waals surface area contributed by atoms with Crippen LogP contribution in [0.1, 0.15) is 16.7 Å². The predicted octanol–water partition coefficient (Wildman–Crippen LogP) is 4.09. The second-order valence-electron chi connectivity index (χ2n) is 11.6. The monoisotopic (exact) mass is 789 g/mol. The summed E-state index contributed by atoms with van der Waals surface area (Å²) < 4.78 is 11.1. The summed E-state index contributed by atoms with van der Waals surface area (Å²) in [5, 5.41) is 35.1. The number of hydrogen-bond acceptors (Lipinski definition) is 11. The molecule has 13 heteroatoms. The number of rotatable bonds is 11. The second-order valence-corrected chi connectivity index (χ2v) is 14.0. The van der Waals surface area contributed by atoms with E-state index in [1.807, 2.05) is 64.8 Å². The highest BCUT2D eigenvalue weighted by atomic mass is 32.2. The third-order valence-electron chi connectivity index (χ3n) is 7.72. The van der Waals surface area contributed by atoms with Gasteiger partial charge < -0.3 is 44.6 Å². The van der Waals surface area contributed by atoms with Gasteiger partial charge in [-0.05, 0) is 72.8 Å². The predicted molar refractivity (Wildman–Crippen MR) is 226 cm³/mol. The zero-order valence-corrected chi connectivity index (χ0v) is 32.7. The summed E-state index contributed by atoms with van der Waals surface area (Å²) in [6, 6.07) is 22.2. The Bertz CT molecular complexity index is 1610. The number of aliphatic carboxylic acids is 2. The molecule has 1 aliphatic rings. The molecule has 3 aromatic rings. The van der Waals surface area contributed by atoms with Crippen molar-refractivity contribution in [1.29, 1.82) is 0 Å². The number of hydrogen-bond donors (Lipinski definition) is 4. The first-order valence-corrected chi connectivity index (χ1v) is 20.0. The van der Waals surface area contributed by atoms with Crippen molar-refractivity contribution in [1.82, 2.24) is 0 Å². The van der Waals surface area contributed by atoms with Gasteiger partial charge in [0.2, 0.25) is 0 Å². The molecular formula is C42H51N3O8S2. The molecule has 0 bridgehead atoms. The van der Waals surface area contributed by atoms with E-state index in [0.717, 1.165) is 66.1 Å². The molecule has 0 radical (unpaired) electrons. The first kappa shape index (κ1) is 46.4. The van der Waals surface area contributed by atoms with Crippen LogP contribution in [0.2, 0.25) is 0 Å². The summed E-state index contributed by atoms with van der Waals surface area (Å²) in [6.45, 7) is 5.54. The molecule has 1 aliphatic heterocycles. The highest BCUT2D eigenvalue weighted by Crippen LogP contribution is 2.18. The lowest BCUT2D eigenvalue weighted by Crippen LogP contribution is -2.34. The number of thioether (sulfide) groups is 2. The van der Waals surface area contributed by atoms with Crippen molar-refractivity contribution in [2.75, 3.05) is 117 Å². The van der Waals surface area contributed by atoms with Crippen molar-refractivity contribution in [2.45, 2.75) is 0 Å². The van der Waals surface area contributed by atoms with E-state index in [2.05, 4.69) is 34.8 Å². The molecule has 1 saturated heterocycles. The molecule has 0 saturated carbocycles. The van der Waals surface area contributed by atoms with Gasteiger partial charge in [-0.3, -0.25) is 9.59 Å². The van der Waals surface area contributed by atoms with E-state index in [1.54, 1.807) is 24.3 Å². The molecule has 0 aliphatic carbocycles. The van der Waals surface area contributed by atoms with Crippen molar-refractivity contribution < 1.29 is 39.5 Å². The summed E-state index contributed by atoms with van der Waals surface area (Å²) in [4.78, 5) is 26.8. The van der Waals surface area contributed by atoms with Gasteiger partial charge in [0.25, 0.3) is 0 Å². The van der Waals surface area contributed by atoms with E-state index >= 15 is 0 Å². The molecule has 1 fully saturated rings. The Balaban J connectivity index is 0.000000294. The van der Waals surface area contributed by atoms with Crippen molar-refractivity contribution in [3.63, 3.8) is 0 Å². The highest BCUT2D eigenvalue weighted by molar-refractivity contribution is 7.99. The molecule has 0 spiro atoms. The maximum atomic E-state index is 10.6. The molecule has 4 rings (SSSR count). The normalized spacial score (nSPS) is 13.6. The first-order chi connectivity index (χ1) is 26.7. The number of carboxylic acids is 2. The number of carboxylic acid groups (broad SMARTS) is 2. The van der Waals surface area contributed by atoms with Gasteiger partial charge in [-0.15, -0.1) is 19.3 Å². The van der Waals surface area contributed by atoms with E-state index < -0.39 is 11.9 Å². The maximum absolute atomic E-state index is 10.6. The molecule has 0 atom stereocenters. The van der Waals surface area contributed by atoms with E-state index in [9.17, 15) is 9.59 Å². The van der Waals surface area contributed by atoms with Crippen molar-refractivity contribution >= 4 is 52.5 Å². The molecule has 3 aromatic carbocycles. The molecule has 55 heavy (non-hydrogen) atoms. The van der Waals surface area contributed by atoms with Crippen LogP contribution < -0.4 is 14.7 Å². The number of ether oxygens (including phenoxy) is 2. The van der Waals surface area contributed by atoms with Crippen LogP contribution in [0.3, 0.4) is 0 Å². The number of carbonyl (C=O) groups is 2. The summed E-state index contributed by atoms with van der Waals surface area (Å²) in [5.74, 6) is 9.77. The van der Waals surface area contributed by atoms with E-state index in [0.29, 0.717) is 37.6 Å². The molecule has 0 amide bonds. The van der Waals surface area contributed by atoms with E-state index in [1.165, 1.54) is 10.6 Å². The van der Waals surface area contributed by atoms with Crippen LogP contribution in [0.4, 0.5) is 17.1 Å². The van der Waals surface area contributed by atoms with Gasteiger partial charge in [-0.1, -0.05) is 17.8 Å². The third-order valence-corrected chi connectivity index (χ3v) is 9.57. The Labute approximate surface area is 334 Å². The Kier molecular flexibility index (Phi) is 24.1. The fraction of sp³-hybridized carbons (Fsp3) is 0.381. The summed E-state index contributed by atoms with van der Waals surface area (Å²) >= 11 is 3.89. The van der Waals surface area contributed by atoms with Crippen LogP contribution in [0.5, 0.6) is 0 Å². The average molecular weight is 790 g/mol. The Morgan fingerprint density at radius 1 is 0.600 bits per heavy atom. The van der Waals surface area contributed by atoms with Crippen molar-refractivity contribution in [3.05, 3.63) is 89.5 Å². The largest absolute Gasteiger partial charge is 0.480 e. The number of aliphatic hydroxyl groups excluding tert-OH is 2. The molecular weight excluding hydrogens is 739 g/mol. The quantitative estimate of drug-likeness (QED) is 0.208. The van der Waals surface area contributed by atoms with Crippen LogP contribution in [0.15, 0.2) is 72.8 Å². The number of nitrogens with zero attached hydrogens (tertiary/aromatic N) is 3. The molecule has 4 N–H and O–H groups in total. The van der Waals surface area contributed by atoms with Crippen molar-refractivity contribution in [3.8, 4) is 37.0 Å². The van der Waals surface area contributed by atoms with Gasteiger partial charge in [0.15, 0.2) is 0 Å². The van der Waals surface area contributed by atoms with E-state index in [4.69, 9.17) is 49.2 Å². The topological polar surface area (TPSA) is 143 Å². The van der Waals surface area contributed by atoms with Gasteiger partial charge >= 0.3 is 11.9 Å². The standard InChI is InChI=1S/C18H25NO2S2.C12H11NO4.C12H15NO2/c1-2-17-3-5-18(6-4-17)19-7-13-22-15-11-20-9-10-21-12-16-23-14-8-19;1-2-9-3-5-10(6-4-9)13(7-11(14)15)8-12(16)17;1-2-11-3-5-12(6-4-11)13(7-9-14)8-10-15/h1,3-6H,7-16H2;1,3-6H,7-8H2,(H,14,15)(H,16,17);1,3-6,14-15H,7-10H2. The summed E-state index contributed by atoms with van der Waals surface area (Å²) in [6.07, 6.45) is 15.9. The Hall–Kier alpha value is -4.78. The fourth-order valence-electron chi connectivity index (χ4n) is 4.96. The highest BCUT2D eigenvalue weighted by Gasteiger charge is 2.14. The minimum Gasteiger partial charge on any atom is -0.480 e. The minimum absolute atomic E-state index is 0.0664. The van der Waals surface area contributed by atoms with Crippen LogP contribution in [-0.4, -0.2) is 134 Å². The molecule has 294 valence electrons. The fourth-order valence-corrected chi connectivity index (χ4v) is 6.54. The van der Waals surface area contributed by atoms with Gasteiger partial charge in [-0.25, -0.2) is 0 Å². The number of benzene rings is 3. The number of anilines is 3. The smallest absolute Gasteiger partial charge is 0.323 e. The SMILES string of the molecule is C#Cc1ccc(N(CC(=O)O)CC(=O)O)cc1.C#Cc1ccc(N(CCO)CCO)cc1.C#Cc1ccc(N2CCSCCOCCOCCSCC2)cc1. The molecule has 0 unspecified atom stereocenters. The van der Waals surface area contributed by atoms with E-state index in [-0.39, 0.29) is 26.3 Å². The minimum atomic E-state index is -1.09. The summed E-state index contributed by atoms with van der Waals surface area (Å²) in [5.41, 5.74) is 5.13. The average Bonchev–Trinajstić information content (AvgIpc) is 3.21. The second kappa shape index (κ2) is 28.6. The van der Waals surface area contributed by atoms with Crippen LogP contribution in [0.25, 0.3) is 0 Å². The zero-order chi connectivity index (χ0) is 40.1. The van der Waals surface area contributed by atoms with Crippen LogP contribution in [0, 0.1) is 37.0 Å². The first-order valence-electron chi connectivity index (χ1n) is 17.7. The lowest BCUT2D eigenvalue weighted by Gasteiger charge is -2.24. The van der Waals surface area contributed by atoms with Gasteiger partial charge in [0.1, 0.15) is 13.1 Å².